The highest BCUT2D eigenvalue weighted by Gasteiger charge is 2.15. The minimum Gasteiger partial charge on any atom is -0.322 e. The Balaban J connectivity index is 1.75. The lowest BCUT2D eigenvalue weighted by Crippen LogP contribution is -2.13. The largest absolute Gasteiger partial charge is 0.322 e. The lowest BCUT2D eigenvalue weighted by molar-refractivity contribution is 0.102. The summed E-state index contributed by atoms with van der Waals surface area (Å²) in [7, 11) is 0. The van der Waals surface area contributed by atoms with Gasteiger partial charge >= 0.3 is 0 Å². The van der Waals surface area contributed by atoms with Crippen LogP contribution in [0.5, 0.6) is 0 Å². The number of carbonyl (C=O) groups excluding carboxylic acids is 1. The summed E-state index contributed by atoms with van der Waals surface area (Å²) in [5.41, 5.74) is 1.47. The van der Waals surface area contributed by atoms with Crippen LogP contribution in [0.4, 0.5) is 14.5 Å². The molecule has 0 atom stereocenters. The van der Waals surface area contributed by atoms with Crippen molar-refractivity contribution in [2.75, 3.05) is 5.32 Å². The molecule has 0 fully saturated rings. The molecule has 1 heterocycles. The van der Waals surface area contributed by atoms with E-state index in [-0.39, 0.29) is 10.5 Å². The first-order valence-corrected chi connectivity index (χ1v) is 7.70. The van der Waals surface area contributed by atoms with Crippen LogP contribution in [0.1, 0.15) is 10.4 Å². The van der Waals surface area contributed by atoms with E-state index >= 15 is 0 Å². The summed E-state index contributed by atoms with van der Waals surface area (Å²) in [6.07, 6.45) is 1.45. The lowest BCUT2D eigenvalue weighted by Gasteiger charge is -2.10. The zero-order valence-corrected chi connectivity index (χ0v) is 13.0. The number of hydrogen-bond acceptors (Lipinski definition) is 5. The van der Waals surface area contributed by atoms with Gasteiger partial charge in [0.15, 0.2) is 0 Å². The van der Waals surface area contributed by atoms with Gasteiger partial charge in [-0.3, -0.25) is 4.79 Å². The Morgan fingerprint density at radius 1 is 1.12 bits per heavy atom. The first kappa shape index (κ1) is 16.1. The third-order valence-corrected chi connectivity index (χ3v) is 3.87. The summed E-state index contributed by atoms with van der Waals surface area (Å²) < 4.78 is 26.6. The van der Waals surface area contributed by atoms with E-state index in [2.05, 4.69) is 20.8 Å². The van der Waals surface area contributed by atoms with Gasteiger partial charge in [0.05, 0.1) is 11.3 Å². The number of tetrazole rings is 1. The number of nitrogens with one attached hydrogen (secondary N) is 1. The highest BCUT2D eigenvalue weighted by atomic mass is 32.2. The highest BCUT2D eigenvalue weighted by Crippen LogP contribution is 2.28. The molecule has 6 nitrogen and oxygen atoms in total. The van der Waals surface area contributed by atoms with E-state index in [4.69, 9.17) is 0 Å². The third kappa shape index (κ3) is 3.74. The number of aromatic nitrogens is 4. The van der Waals surface area contributed by atoms with Crippen LogP contribution in [-0.2, 0) is 0 Å². The lowest BCUT2D eigenvalue weighted by atomic mass is 10.2. The molecule has 0 bridgehead atoms. The second-order valence-electron chi connectivity index (χ2n) is 4.63. The predicted octanol–water partition coefficient (Wildman–Crippen LogP) is 3.23. The molecule has 3 rings (SSSR count). The molecule has 0 aliphatic rings. The van der Waals surface area contributed by atoms with Crippen LogP contribution in [0.15, 0.2) is 59.8 Å². The molecule has 0 saturated heterocycles. The zero-order valence-electron chi connectivity index (χ0n) is 12.1. The van der Waals surface area contributed by atoms with Gasteiger partial charge in [0, 0.05) is 10.6 Å². The number of alkyl halides is 2. The highest BCUT2D eigenvalue weighted by molar-refractivity contribution is 7.99. The number of thioether (sulfide) groups is 1. The average Bonchev–Trinajstić information content (AvgIpc) is 3.10. The Morgan fingerprint density at radius 3 is 2.54 bits per heavy atom. The number of benzene rings is 2. The summed E-state index contributed by atoms with van der Waals surface area (Å²) >= 11 is 0.345. The first-order chi connectivity index (χ1) is 11.6. The smallest absolute Gasteiger partial charge is 0.288 e. The fraction of sp³-hybridized carbons (Fsp3) is 0.0667. The minimum atomic E-state index is -2.59. The number of rotatable bonds is 5. The molecule has 0 radical (unpaired) electrons. The van der Waals surface area contributed by atoms with E-state index in [9.17, 15) is 13.6 Å². The van der Waals surface area contributed by atoms with Crippen LogP contribution in [0, 0.1) is 0 Å². The van der Waals surface area contributed by atoms with Gasteiger partial charge in [-0.25, -0.2) is 4.68 Å². The molecule has 0 spiro atoms. The van der Waals surface area contributed by atoms with Gasteiger partial charge in [0.2, 0.25) is 0 Å². The number of nitrogens with zero attached hydrogens (tertiary/aromatic N) is 4. The minimum absolute atomic E-state index is 0.201. The van der Waals surface area contributed by atoms with Crippen molar-refractivity contribution >= 4 is 23.4 Å². The molecule has 122 valence electrons. The maximum absolute atomic E-state index is 12.6. The van der Waals surface area contributed by atoms with Crippen LogP contribution >= 0.6 is 11.8 Å². The Bertz CT molecular complexity index is 824. The molecular weight excluding hydrogens is 336 g/mol. The van der Waals surface area contributed by atoms with Crippen molar-refractivity contribution in [1.29, 1.82) is 0 Å². The monoisotopic (exact) mass is 347 g/mol. The molecule has 1 amide bonds. The van der Waals surface area contributed by atoms with Gasteiger partial charge in [-0.15, -0.1) is 5.10 Å². The molecule has 3 aromatic rings. The van der Waals surface area contributed by atoms with Crippen molar-refractivity contribution in [1.82, 2.24) is 20.2 Å². The first-order valence-electron chi connectivity index (χ1n) is 6.82. The van der Waals surface area contributed by atoms with Crippen molar-refractivity contribution < 1.29 is 13.6 Å². The molecule has 2 aromatic carbocycles. The molecule has 1 N–H and O–H groups in total. The van der Waals surface area contributed by atoms with Crippen LogP contribution < -0.4 is 5.32 Å². The molecule has 0 saturated carbocycles. The molecule has 0 unspecified atom stereocenters. The Kier molecular flexibility index (Phi) is 4.80. The summed E-state index contributed by atoms with van der Waals surface area (Å²) in [6.45, 7) is 0. The van der Waals surface area contributed by atoms with Crippen molar-refractivity contribution in [3.05, 3.63) is 60.4 Å². The Morgan fingerprint density at radius 2 is 1.88 bits per heavy atom. The summed E-state index contributed by atoms with van der Waals surface area (Å²) in [6, 6.07) is 13.1. The predicted molar refractivity (Wildman–Crippen MR) is 85.4 cm³/mol. The van der Waals surface area contributed by atoms with Gasteiger partial charge in [-0.2, -0.15) is 8.78 Å². The molecule has 0 aliphatic carbocycles. The normalized spacial score (nSPS) is 10.8. The maximum Gasteiger partial charge on any atom is 0.288 e. The fourth-order valence-corrected chi connectivity index (χ4v) is 2.67. The van der Waals surface area contributed by atoms with Gasteiger partial charge in [0.25, 0.3) is 11.7 Å². The van der Waals surface area contributed by atoms with Gasteiger partial charge in [-0.1, -0.05) is 23.9 Å². The molecule has 0 aliphatic heterocycles. The van der Waals surface area contributed by atoms with Crippen LogP contribution in [0.25, 0.3) is 5.69 Å². The van der Waals surface area contributed by atoms with E-state index in [1.165, 1.54) is 23.1 Å². The third-order valence-electron chi connectivity index (χ3n) is 3.09. The van der Waals surface area contributed by atoms with Gasteiger partial charge < -0.3 is 5.32 Å². The number of halogens is 2. The zero-order chi connectivity index (χ0) is 16.9. The summed E-state index contributed by atoms with van der Waals surface area (Å²) in [5.74, 6) is -3.04. The van der Waals surface area contributed by atoms with Crippen molar-refractivity contribution in [3.8, 4) is 5.69 Å². The second kappa shape index (κ2) is 7.18. The van der Waals surface area contributed by atoms with Crippen molar-refractivity contribution in [3.63, 3.8) is 0 Å². The second-order valence-corrected chi connectivity index (χ2v) is 5.66. The van der Waals surface area contributed by atoms with Crippen molar-refractivity contribution in [2.24, 2.45) is 0 Å². The molecular formula is C15H11F2N5OS. The van der Waals surface area contributed by atoms with E-state index < -0.39 is 11.7 Å². The molecule has 24 heavy (non-hydrogen) atoms. The van der Waals surface area contributed by atoms with Crippen LogP contribution in [-0.4, -0.2) is 31.9 Å². The fourth-order valence-electron chi connectivity index (χ4n) is 2.03. The topological polar surface area (TPSA) is 72.7 Å². The Labute approximate surface area is 139 Å². The van der Waals surface area contributed by atoms with E-state index in [1.54, 1.807) is 36.4 Å². The van der Waals surface area contributed by atoms with E-state index in [1.807, 2.05) is 0 Å². The number of hydrogen-bond donors (Lipinski definition) is 1. The number of carbonyl (C=O) groups is 1. The molecule has 9 heteroatoms. The average molecular weight is 347 g/mol. The SMILES string of the molecule is O=C(Nc1ccc(-n2cnnn2)cc1)c1ccccc1SC(F)F. The maximum atomic E-state index is 12.6. The quantitative estimate of drug-likeness (QED) is 0.718. The van der Waals surface area contributed by atoms with Crippen LogP contribution in [0.2, 0.25) is 0 Å². The van der Waals surface area contributed by atoms with Crippen molar-refractivity contribution in [2.45, 2.75) is 10.7 Å². The van der Waals surface area contributed by atoms with Crippen LogP contribution in [0.3, 0.4) is 0 Å². The Hall–Kier alpha value is -2.81. The van der Waals surface area contributed by atoms with Gasteiger partial charge in [-0.05, 0) is 46.8 Å². The number of amides is 1. The van der Waals surface area contributed by atoms with E-state index in [0.717, 1.165) is 5.69 Å². The summed E-state index contributed by atoms with van der Waals surface area (Å²) in [4.78, 5) is 12.6. The standard InChI is InChI=1S/C15H11F2N5OS/c16-15(17)24-13-4-2-1-3-12(13)14(23)19-10-5-7-11(8-6-10)22-9-18-20-21-22/h1-9,15H,(H,19,23). The van der Waals surface area contributed by atoms with Gasteiger partial charge in [0.1, 0.15) is 6.33 Å². The van der Waals surface area contributed by atoms with E-state index in [0.29, 0.717) is 17.4 Å². The molecule has 1 aromatic heterocycles. The summed E-state index contributed by atoms with van der Waals surface area (Å²) in [5, 5.41) is 13.5. The number of anilines is 1.